The summed E-state index contributed by atoms with van der Waals surface area (Å²) in [5.41, 5.74) is 0.718. The van der Waals surface area contributed by atoms with Crippen molar-refractivity contribution in [1.82, 2.24) is 0 Å². The molecule has 1 aliphatic rings. The third kappa shape index (κ3) is 5.51. The Morgan fingerprint density at radius 2 is 0.840 bits per heavy atom. The van der Waals surface area contributed by atoms with Gasteiger partial charge < -0.3 is 14.9 Å². The first-order chi connectivity index (χ1) is 12.1. The number of esters is 2. The highest BCUT2D eigenvalue weighted by atomic mass is 16.6. The molecule has 4 rings (SSSR count). The minimum Gasteiger partial charge on any atom is -0.508 e. The highest BCUT2D eigenvalue weighted by Gasteiger charge is 2.28. The van der Waals surface area contributed by atoms with Gasteiger partial charge >= 0.3 is 11.9 Å². The van der Waals surface area contributed by atoms with Crippen LogP contribution in [0.1, 0.15) is 20.7 Å². The minimum atomic E-state index is -0.550. The first kappa shape index (κ1) is 17.7. The van der Waals surface area contributed by atoms with Crippen LogP contribution < -0.4 is 0 Å². The van der Waals surface area contributed by atoms with Gasteiger partial charge in [-0.2, -0.15) is 0 Å². The monoisotopic (exact) mass is 336 g/mol. The lowest BCUT2D eigenvalue weighted by Gasteiger charge is -1.86. The second-order valence-corrected chi connectivity index (χ2v) is 4.89. The summed E-state index contributed by atoms with van der Waals surface area (Å²) in [6.45, 7) is 0. The van der Waals surface area contributed by atoms with Crippen molar-refractivity contribution in [2.45, 2.75) is 0 Å². The van der Waals surface area contributed by atoms with Gasteiger partial charge in [-0.1, -0.05) is 48.5 Å². The van der Waals surface area contributed by atoms with Crippen LogP contribution in [0.3, 0.4) is 0 Å². The third-order valence-electron chi connectivity index (χ3n) is 3.06. The molecule has 5 heteroatoms. The van der Waals surface area contributed by atoms with E-state index in [0.717, 1.165) is 0 Å². The molecular weight excluding hydrogens is 320 g/mol. The number of cyclic esters (lactones) is 2. The lowest BCUT2D eigenvalue weighted by Crippen LogP contribution is -1.96. The third-order valence-corrected chi connectivity index (χ3v) is 3.06. The van der Waals surface area contributed by atoms with Crippen LogP contribution >= 0.6 is 0 Å². The van der Waals surface area contributed by atoms with Gasteiger partial charge in [0.2, 0.25) is 0 Å². The summed E-state index contributed by atoms with van der Waals surface area (Å²) >= 11 is 0. The number of para-hydroxylation sites is 2. The molecule has 1 heterocycles. The summed E-state index contributed by atoms with van der Waals surface area (Å²) in [6.07, 6.45) is 0. The molecule has 1 aliphatic heterocycles. The minimum absolute atomic E-state index is 0.322. The topological polar surface area (TPSA) is 83.8 Å². The molecule has 0 amide bonds. The fraction of sp³-hybridized carbons (Fsp3) is 0. The van der Waals surface area contributed by atoms with Crippen LogP contribution in [0, 0.1) is 0 Å². The van der Waals surface area contributed by atoms with Crippen molar-refractivity contribution in [2.75, 3.05) is 0 Å². The van der Waals surface area contributed by atoms with Crippen LogP contribution in [0.5, 0.6) is 11.5 Å². The van der Waals surface area contributed by atoms with Crippen LogP contribution in [0.4, 0.5) is 0 Å². The van der Waals surface area contributed by atoms with Gasteiger partial charge in [0, 0.05) is 0 Å². The molecule has 0 saturated carbocycles. The van der Waals surface area contributed by atoms with E-state index in [-0.39, 0.29) is 0 Å². The Hall–Kier alpha value is -3.60. The van der Waals surface area contributed by atoms with Crippen molar-refractivity contribution in [3.8, 4) is 11.5 Å². The molecule has 5 nitrogen and oxygen atoms in total. The van der Waals surface area contributed by atoms with Crippen molar-refractivity contribution in [3.63, 3.8) is 0 Å². The number of aromatic hydroxyl groups is 2. The standard InChI is InChI=1S/C8H4O3.2C6H6O/c9-7-5-3-1-2-4-6(5)8(10)11-7;2*7-6-4-2-1-3-5-6/h1-4H;2*1-5,7H. The molecular formula is C20H16O5. The van der Waals surface area contributed by atoms with Gasteiger partial charge in [0.05, 0.1) is 11.1 Å². The molecule has 25 heavy (non-hydrogen) atoms. The van der Waals surface area contributed by atoms with E-state index in [1.165, 1.54) is 0 Å². The highest BCUT2D eigenvalue weighted by molar-refractivity contribution is 6.14. The largest absolute Gasteiger partial charge is 0.508 e. The predicted molar refractivity (Wildman–Crippen MR) is 92.4 cm³/mol. The molecule has 0 saturated heterocycles. The predicted octanol–water partition coefficient (Wildman–Crippen LogP) is 3.78. The number of phenolic OH excluding ortho intramolecular Hbond substituents is 2. The summed E-state index contributed by atoms with van der Waals surface area (Å²) in [5.74, 6) is -0.457. The van der Waals surface area contributed by atoms with Crippen LogP contribution in [0.25, 0.3) is 0 Å². The van der Waals surface area contributed by atoms with E-state index in [2.05, 4.69) is 4.74 Å². The molecule has 0 radical (unpaired) electrons. The summed E-state index contributed by atoms with van der Waals surface area (Å²) < 4.78 is 4.35. The maximum absolute atomic E-state index is 10.8. The Labute approximate surface area is 144 Å². The average Bonchev–Trinajstić information content (AvgIpc) is 2.92. The van der Waals surface area contributed by atoms with Gasteiger partial charge in [0.25, 0.3) is 0 Å². The molecule has 3 aromatic rings. The molecule has 0 spiro atoms. The number of hydrogen-bond donors (Lipinski definition) is 2. The van der Waals surface area contributed by atoms with Crippen LogP contribution in [0.2, 0.25) is 0 Å². The van der Waals surface area contributed by atoms with E-state index in [9.17, 15) is 9.59 Å². The van der Waals surface area contributed by atoms with Gasteiger partial charge in [-0.05, 0) is 36.4 Å². The first-order valence-electron chi connectivity index (χ1n) is 7.41. The zero-order valence-corrected chi connectivity index (χ0v) is 13.2. The first-order valence-corrected chi connectivity index (χ1v) is 7.41. The zero-order valence-electron chi connectivity index (χ0n) is 13.2. The van der Waals surface area contributed by atoms with Crippen LogP contribution in [0.15, 0.2) is 84.9 Å². The number of fused-ring (bicyclic) bond motifs is 1. The zero-order chi connectivity index (χ0) is 18.1. The van der Waals surface area contributed by atoms with Crippen LogP contribution in [-0.2, 0) is 4.74 Å². The molecule has 126 valence electrons. The highest BCUT2D eigenvalue weighted by Crippen LogP contribution is 2.18. The summed E-state index contributed by atoms with van der Waals surface area (Å²) in [6, 6.07) is 24.0. The normalized spacial score (nSPS) is 11.2. The molecule has 0 aliphatic carbocycles. The fourth-order valence-corrected chi connectivity index (χ4v) is 1.89. The number of hydrogen-bond acceptors (Lipinski definition) is 5. The van der Waals surface area contributed by atoms with E-state index < -0.39 is 11.9 Å². The van der Waals surface area contributed by atoms with E-state index in [1.807, 2.05) is 12.1 Å². The molecule has 2 N–H and O–H groups in total. The summed E-state index contributed by atoms with van der Waals surface area (Å²) in [5, 5.41) is 17.3. The fourth-order valence-electron chi connectivity index (χ4n) is 1.89. The number of carbonyl (C=O) groups is 2. The van der Waals surface area contributed by atoms with Crippen molar-refractivity contribution >= 4 is 11.9 Å². The van der Waals surface area contributed by atoms with E-state index in [1.54, 1.807) is 72.8 Å². The quantitative estimate of drug-likeness (QED) is 0.482. The molecule has 0 unspecified atom stereocenters. The number of carbonyl (C=O) groups excluding carboxylic acids is 2. The van der Waals surface area contributed by atoms with Crippen molar-refractivity contribution in [2.24, 2.45) is 0 Å². The Balaban J connectivity index is 0.000000142. The summed E-state index contributed by atoms with van der Waals surface area (Å²) in [7, 11) is 0. The maximum atomic E-state index is 10.8. The number of rotatable bonds is 0. The summed E-state index contributed by atoms with van der Waals surface area (Å²) in [4.78, 5) is 21.7. The molecule has 0 fully saturated rings. The van der Waals surface area contributed by atoms with Gasteiger partial charge in [-0.25, -0.2) is 9.59 Å². The number of ether oxygens (including phenoxy) is 1. The van der Waals surface area contributed by atoms with Gasteiger partial charge in [-0.15, -0.1) is 0 Å². The smallest absolute Gasteiger partial charge is 0.346 e. The molecule has 0 bridgehead atoms. The van der Waals surface area contributed by atoms with Crippen molar-refractivity contribution in [3.05, 3.63) is 96.1 Å². The second kappa shape index (κ2) is 8.88. The van der Waals surface area contributed by atoms with Gasteiger partial charge in [0.1, 0.15) is 11.5 Å². The Bertz CT molecular complexity index is 758. The molecule has 0 atom stereocenters. The Kier molecular flexibility index (Phi) is 6.31. The van der Waals surface area contributed by atoms with Gasteiger partial charge in [0.15, 0.2) is 0 Å². The van der Waals surface area contributed by atoms with Crippen LogP contribution in [-0.4, -0.2) is 22.2 Å². The van der Waals surface area contributed by atoms with Crippen molar-refractivity contribution in [1.29, 1.82) is 0 Å². The average molecular weight is 336 g/mol. The lowest BCUT2D eigenvalue weighted by molar-refractivity contribution is 0.0443. The number of benzene rings is 3. The lowest BCUT2D eigenvalue weighted by atomic mass is 10.1. The SMILES string of the molecule is O=C1OC(=O)c2ccccc21.Oc1ccccc1.Oc1ccccc1. The van der Waals surface area contributed by atoms with E-state index >= 15 is 0 Å². The number of phenols is 2. The Morgan fingerprint density at radius 1 is 0.520 bits per heavy atom. The van der Waals surface area contributed by atoms with E-state index in [0.29, 0.717) is 22.6 Å². The van der Waals surface area contributed by atoms with E-state index in [4.69, 9.17) is 10.2 Å². The molecule has 3 aromatic carbocycles. The molecule has 0 aromatic heterocycles. The second-order valence-electron chi connectivity index (χ2n) is 4.89. The maximum Gasteiger partial charge on any atom is 0.346 e. The van der Waals surface area contributed by atoms with Gasteiger partial charge in [-0.3, -0.25) is 0 Å². The van der Waals surface area contributed by atoms with Crippen molar-refractivity contribution < 1.29 is 24.5 Å². The Morgan fingerprint density at radius 3 is 1.12 bits per heavy atom.